The highest BCUT2D eigenvalue weighted by atomic mass is 32.1. The van der Waals surface area contributed by atoms with E-state index in [4.69, 9.17) is 12.2 Å². The van der Waals surface area contributed by atoms with Crippen molar-refractivity contribution >= 4 is 23.3 Å². The van der Waals surface area contributed by atoms with Crippen molar-refractivity contribution in [1.82, 2.24) is 15.1 Å². The van der Waals surface area contributed by atoms with Crippen LogP contribution in [0.15, 0.2) is 47.4 Å². The Balaban J connectivity index is 2.30. The predicted octanol–water partition coefficient (Wildman–Crippen LogP) is 1.26. The van der Waals surface area contributed by atoms with Gasteiger partial charge in [-0.1, -0.05) is 22.9 Å². The van der Waals surface area contributed by atoms with Crippen molar-refractivity contribution < 1.29 is 4.68 Å². The van der Waals surface area contributed by atoms with Crippen LogP contribution in [0.5, 0.6) is 0 Å². The zero-order valence-corrected chi connectivity index (χ0v) is 10.1. The summed E-state index contributed by atoms with van der Waals surface area (Å²) in [6.07, 6.45) is 1.78. The maximum atomic E-state index is 11.8. The van der Waals surface area contributed by atoms with Gasteiger partial charge in [-0.3, -0.25) is 9.78 Å². The van der Waals surface area contributed by atoms with Crippen LogP contribution in [0.1, 0.15) is 0 Å². The van der Waals surface area contributed by atoms with Crippen molar-refractivity contribution in [1.29, 1.82) is 0 Å². The maximum Gasteiger partial charge on any atom is 0.284 e. The van der Waals surface area contributed by atoms with Gasteiger partial charge >= 0.3 is 0 Å². The summed E-state index contributed by atoms with van der Waals surface area (Å²) in [5.41, 5.74) is 1.55. The Hall–Kier alpha value is -2.34. The Kier molecular flexibility index (Phi) is 2.49. The smallest absolute Gasteiger partial charge is 0.284 e. The number of aromatic amines is 2. The molecule has 0 bridgehead atoms. The average molecular weight is 257 g/mol. The number of hydrogen-bond acceptors (Lipinski definition) is 3. The van der Waals surface area contributed by atoms with Gasteiger partial charge in [-0.15, -0.1) is 0 Å². The molecule has 0 saturated carbocycles. The van der Waals surface area contributed by atoms with Gasteiger partial charge in [0.05, 0.1) is 5.52 Å². The standard InChI is InChI=1S/C12H8N4OS/c17-11-10-9(13-12(18)14-11)6-7-16(15-10)8-4-2-1-3-5-8/h1-7H,(H,14,17,18)/p+1. The molecule has 18 heavy (non-hydrogen) atoms. The minimum atomic E-state index is -0.293. The zero-order valence-electron chi connectivity index (χ0n) is 9.25. The monoisotopic (exact) mass is 257 g/mol. The third-order valence-electron chi connectivity index (χ3n) is 2.56. The van der Waals surface area contributed by atoms with E-state index < -0.39 is 0 Å². The quantitative estimate of drug-likeness (QED) is 0.509. The molecule has 0 unspecified atom stereocenters. The van der Waals surface area contributed by atoms with Crippen LogP contribution in [0, 0.1) is 4.77 Å². The summed E-state index contributed by atoms with van der Waals surface area (Å²) in [5, 5.41) is 4.28. The molecule has 3 rings (SSSR count). The molecule has 0 aliphatic carbocycles. The highest BCUT2D eigenvalue weighted by Crippen LogP contribution is 2.01. The summed E-state index contributed by atoms with van der Waals surface area (Å²) < 4.78 is 1.95. The van der Waals surface area contributed by atoms with E-state index in [1.54, 1.807) is 16.9 Å². The normalized spacial score (nSPS) is 10.7. The fourth-order valence-electron chi connectivity index (χ4n) is 1.73. The number of aromatic nitrogens is 4. The van der Waals surface area contributed by atoms with Crippen molar-refractivity contribution in [2.24, 2.45) is 0 Å². The largest absolute Gasteiger partial charge is 0.330 e. The SMILES string of the molecule is O=c1[nH]c(=S)[nH]c2cc[n+](-c3ccccc3)nc12. The van der Waals surface area contributed by atoms with Crippen LogP contribution in [-0.4, -0.2) is 15.1 Å². The molecule has 0 aliphatic rings. The Morgan fingerprint density at radius 2 is 1.89 bits per heavy atom. The van der Waals surface area contributed by atoms with Crippen LogP contribution >= 0.6 is 12.2 Å². The molecule has 2 aromatic heterocycles. The Morgan fingerprint density at radius 3 is 2.67 bits per heavy atom. The highest BCUT2D eigenvalue weighted by Gasteiger charge is 2.11. The Bertz CT molecular complexity index is 823. The zero-order chi connectivity index (χ0) is 12.5. The second-order valence-corrected chi connectivity index (χ2v) is 4.17. The summed E-state index contributed by atoms with van der Waals surface area (Å²) in [6.45, 7) is 0. The first kappa shape index (κ1) is 10.8. The van der Waals surface area contributed by atoms with Gasteiger partial charge in [0.2, 0.25) is 17.4 Å². The Labute approximate surface area is 107 Å². The minimum absolute atomic E-state index is 0.293. The summed E-state index contributed by atoms with van der Waals surface area (Å²) in [7, 11) is 0. The van der Waals surface area contributed by atoms with Crippen LogP contribution in [0.4, 0.5) is 0 Å². The third kappa shape index (κ3) is 1.82. The minimum Gasteiger partial charge on any atom is -0.330 e. The van der Waals surface area contributed by atoms with Crippen molar-refractivity contribution in [2.45, 2.75) is 0 Å². The van der Waals surface area contributed by atoms with Crippen LogP contribution in [-0.2, 0) is 0 Å². The van der Waals surface area contributed by atoms with Crippen LogP contribution in [0.3, 0.4) is 0 Å². The summed E-state index contributed by atoms with van der Waals surface area (Å²) in [5.74, 6) is 0. The fourth-order valence-corrected chi connectivity index (χ4v) is 1.93. The second kappa shape index (κ2) is 4.15. The molecule has 5 nitrogen and oxygen atoms in total. The van der Waals surface area contributed by atoms with Gasteiger partial charge in [0.1, 0.15) is 0 Å². The average Bonchev–Trinajstić information content (AvgIpc) is 2.39. The number of benzene rings is 1. The molecule has 0 amide bonds. The van der Waals surface area contributed by atoms with Gasteiger partial charge in [0.25, 0.3) is 5.56 Å². The summed E-state index contributed by atoms with van der Waals surface area (Å²) in [6, 6.07) is 11.4. The van der Waals surface area contributed by atoms with Crippen LogP contribution in [0.25, 0.3) is 16.7 Å². The molecule has 88 valence electrons. The molecule has 6 heteroatoms. The number of fused-ring (bicyclic) bond motifs is 1. The first-order valence-corrected chi connectivity index (χ1v) is 5.75. The lowest BCUT2D eigenvalue weighted by Gasteiger charge is -1.95. The van der Waals surface area contributed by atoms with Gasteiger partial charge in [0, 0.05) is 23.3 Å². The first-order chi connectivity index (χ1) is 8.74. The second-order valence-electron chi connectivity index (χ2n) is 3.77. The molecule has 0 fully saturated rings. The van der Waals surface area contributed by atoms with Gasteiger partial charge in [-0.2, -0.15) is 0 Å². The molecule has 2 N–H and O–H groups in total. The van der Waals surface area contributed by atoms with E-state index in [1.807, 2.05) is 30.3 Å². The lowest BCUT2D eigenvalue weighted by molar-refractivity contribution is -0.657. The van der Waals surface area contributed by atoms with Gasteiger partial charge < -0.3 is 4.98 Å². The predicted molar refractivity (Wildman–Crippen MR) is 69.1 cm³/mol. The molecule has 1 aromatic carbocycles. The fraction of sp³-hybridized carbons (Fsp3) is 0. The number of H-pyrrole nitrogens is 2. The van der Waals surface area contributed by atoms with Crippen molar-refractivity contribution in [3.8, 4) is 5.69 Å². The van der Waals surface area contributed by atoms with E-state index in [0.717, 1.165) is 5.69 Å². The maximum absolute atomic E-state index is 11.8. The van der Waals surface area contributed by atoms with E-state index in [0.29, 0.717) is 15.8 Å². The number of nitrogens with zero attached hydrogens (tertiary/aromatic N) is 2. The van der Waals surface area contributed by atoms with E-state index in [1.165, 1.54) is 0 Å². The molecule has 3 aromatic rings. The number of nitrogens with one attached hydrogen (secondary N) is 2. The molecular weight excluding hydrogens is 248 g/mol. The molecule has 0 radical (unpaired) electrons. The molecule has 0 saturated heterocycles. The van der Waals surface area contributed by atoms with Gasteiger partial charge in [-0.05, 0) is 12.2 Å². The lowest BCUT2D eigenvalue weighted by atomic mass is 10.3. The summed E-state index contributed by atoms with van der Waals surface area (Å²) in [4.78, 5) is 17.2. The van der Waals surface area contributed by atoms with E-state index in [-0.39, 0.29) is 5.56 Å². The van der Waals surface area contributed by atoms with E-state index in [2.05, 4.69) is 15.1 Å². The Morgan fingerprint density at radius 1 is 1.11 bits per heavy atom. The van der Waals surface area contributed by atoms with Crippen LogP contribution < -0.4 is 10.2 Å². The third-order valence-corrected chi connectivity index (χ3v) is 2.76. The highest BCUT2D eigenvalue weighted by molar-refractivity contribution is 7.71. The molecule has 0 atom stereocenters. The molecule has 2 heterocycles. The van der Waals surface area contributed by atoms with Gasteiger partial charge in [0.15, 0.2) is 4.77 Å². The molecule has 0 spiro atoms. The van der Waals surface area contributed by atoms with Crippen LogP contribution in [0.2, 0.25) is 0 Å². The topological polar surface area (TPSA) is 65.4 Å². The number of rotatable bonds is 1. The summed E-state index contributed by atoms with van der Waals surface area (Å²) >= 11 is 4.91. The van der Waals surface area contributed by atoms with E-state index >= 15 is 0 Å². The van der Waals surface area contributed by atoms with Crippen molar-refractivity contribution in [3.05, 3.63) is 57.7 Å². The van der Waals surface area contributed by atoms with Gasteiger partial charge in [-0.25, -0.2) is 0 Å². The number of hydrogen-bond donors (Lipinski definition) is 2. The molecular formula is C12H9N4OS+. The van der Waals surface area contributed by atoms with E-state index in [9.17, 15) is 4.79 Å². The van der Waals surface area contributed by atoms with Crippen molar-refractivity contribution in [2.75, 3.05) is 0 Å². The lowest BCUT2D eigenvalue weighted by Crippen LogP contribution is -2.36. The first-order valence-electron chi connectivity index (χ1n) is 5.35. The van der Waals surface area contributed by atoms with Crippen molar-refractivity contribution in [3.63, 3.8) is 0 Å². The number of para-hydroxylation sites is 1. The molecule has 0 aliphatic heterocycles.